The first-order chi connectivity index (χ1) is 13.2. The molecule has 5 rings (SSSR count). The van der Waals surface area contributed by atoms with Crippen LogP contribution < -0.4 is 0 Å². The van der Waals surface area contributed by atoms with Gasteiger partial charge >= 0.3 is 0 Å². The Hall–Kier alpha value is -2.02. The summed E-state index contributed by atoms with van der Waals surface area (Å²) in [5.74, 6) is 1.84. The molecule has 0 radical (unpaired) electrons. The standard InChI is InChI=1S/C20H28N6O/c1-24-9-3-5-16(13-24)20(27)25-10-7-14(8-11-25)19-22-21-18-12-15-4-2-6-17(15)23-26(18)19/h12,14,16H,2-11,13H2,1H3. The second-order valence-corrected chi connectivity index (χ2v) is 8.50. The first-order valence-electron chi connectivity index (χ1n) is 10.4. The van der Waals surface area contributed by atoms with Gasteiger partial charge in [0.25, 0.3) is 0 Å². The molecule has 2 aromatic rings. The summed E-state index contributed by atoms with van der Waals surface area (Å²) in [6.45, 7) is 3.66. The highest BCUT2D eigenvalue weighted by Gasteiger charge is 2.32. The summed E-state index contributed by atoms with van der Waals surface area (Å²) < 4.78 is 1.96. The van der Waals surface area contributed by atoms with Crippen LogP contribution in [-0.2, 0) is 17.6 Å². The van der Waals surface area contributed by atoms with Crippen LogP contribution in [0.4, 0.5) is 0 Å². The molecule has 0 spiro atoms. The molecular formula is C20H28N6O. The molecule has 7 nitrogen and oxygen atoms in total. The Bertz CT molecular complexity index is 854. The van der Waals surface area contributed by atoms with Crippen LogP contribution in [0.5, 0.6) is 0 Å². The summed E-state index contributed by atoms with van der Waals surface area (Å²) in [6, 6.07) is 2.16. The quantitative estimate of drug-likeness (QED) is 0.807. The molecule has 2 fully saturated rings. The van der Waals surface area contributed by atoms with E-state index in [0.717, 1.165) is 76.2 Å². The molecule has 2 aliphatic heterocycles. The number of amides is 1. The van der Waals surface area contributed by atoms with E-state index in [4.69, 9.17) is 5.10 Å². The number of hydrogen-bond acceptors (Lipinski definition) is 5. The lowest BCUT2D eigenvalue weighted by atomic mass is 9.92. The van der Waals surface area contributed by atoms with Gasteiger partial charge in [-0.25, -0.2) is 0 Å². The maximum absolute atomic E-state index is 12.9. The number of hydrogen-bond donors (Lipinski definition) is 0. The molecule has 27 heavy (non-hydrogen) atoms. The van der Waals surface area contributed by atoms with Gasteiger partial charge in [-0.3, -0.25) is 4.79 Å². The summed E-state index contributed by atoms with van der Waals surface area (Å²) in [6.07, 6.45) is 7.43. The summed E-state index contributed by atoms with van der Waals surface area (Å²) in [5, 5.41) is 13.7. The van der Waals surface area contributed by atoms with Crippen molar-refractivity contribution in [2.45, 2.75) is 50.9 Å². The number of aromatic nitrogens is 4. The van der Waals surface area contributed by atoms with E-state index in [2.05, 4.69) is 33.1 Å². The van der Waals surface area contributed by atoms with Crippen LogP contribution in [0.1, 0.15) is 55.1 Å². The highest BCUT2D eigenvalue weighted by Crippen LogP contribution is 2.30. The van der Waals surface area contributed by atoms with Gasteiger partial charge in [0.2, 0.25) is 5.91 Å². The van der Waals surface area contributed by atoms with Crippen molar-refractivity contribution in [3.05, 3.63) is 23.1 Å². The van der Waals surface area contributed by atoms with E-state index >= 15 is 0 Å². The smallest absolute Gasteiger partial charge is 0.226 e. The van der Waals surface area contributed by atoms with Gasteiger partial charge in [-0.05, 0) is 70.2 Å². The van der Waals surface area contributed by atoms with E-state index in [1.807, 2.05) is 4.52 Å². The first kappa shape index (κ1) is 17.1. The average molecular weight is 368 g/mol. The van der Waals surface area contributed by atoms with Gasteiger partial charge in [0, 0.05) is 25.6 Å². The van der Waals surface area contributed by atoms with Gasteiger partial charge in [-0.2, -0.15) is 9.61 Å². The lowest BCUT2D eigenvalue weighted by Gasteiger charge is -2.36. The summed E-state index contributed by atoms with van der Waals surface area (Å²) >= 11 is 0. The van der Waals surface area contributed by atoms with E-state index in [1.54, 1.807) is 0 Å². The highest BCUT2D eigenvalue weighted by molar-refractivity contribution is 5.79. The zero-order valence-electron chi connectivity index (χ0n) is 16.1. The normalized spacial score (nSPS) is 24.5. The largest absolute Gasteiger partial charge is 0.342 e. The van der Waals surface area contributed by atoms with Gasteiger partial charge < -0.3 is 9.80 Å². The fourth-order valence-electron chi connectivity index (χ4n) is 5.03. The molecular weight excluding hydrogens is 340 g/mol. The molecule has 3 aliphatic rings. The Kier molecular flexibility index (Phi) is 4.34. The minimum Gasteiger partial charge on any atom is -0.342 e. The fraction of sp³-hybridized carbons (Fsp3) is 0.700. The monoisotopic (exact) mass is 368 g/mol. The Morgan fingerprint density at radius 2 is 1.93 bits per heavy atom. The number of aryl methyl sites for hydroxylation is 2. The number of piperidine rings is 2. The fourth-order valence-corrected chi connectivity index (χ4v) is 5.03. The maximum Gasteiger partial charge on any atom is 0.226 e. The number of fused-ring (bicyclic) bond motifs is 2. The number of rotatable bonds is 2. The van der Waals surface area contributed by atoms with Crippen LogP contribution in [0.15, 0.2) is 6.07 Å². The lowest BCUT2D eigenvalue weighted by molar-refractivity contribution is -0.138. The van der Waals surface area contributed by atoms with Gasteiger partial charge in [0.1, 0.15) is 0 Å². The zero-order chi connectivity index (χ0) is 18.4. The van der Waals surface area contributed by atoms with E-state index in [0.29, 0.717) is 11.8 Å². The van der Waals surface area contributed by atoms with Crippen molar-refractivity contribution in [1.82, 2.24) is 29.6 Å². The molecule has 1 atom stereocenters. The van der Waals surface area contributed by atoms with Crippen LogP contribution in [0, 0.1) is 5.92 Å². The van der Waals surface area contributed by atoms with E-state index < -0.39 is 0 Å². The van der Waals surface area contributed by atoms with Crippen LogP contribution in [0.25, 0.3) is 5.65 Å². The summed E-state index contributed by atoms with van der Waals surface area (Å²) in [7, 11) is 2.12. The Balaban J connectivity index is 1.28. The minimum atomic E-state index is 0.179. The topological polar surface area (TPSA) is 66.6 Å². The zero-order valence-corrected chi connectivity index (χ0v) is 16.1. The Morgan fingerprint density at radius 1 is 1.07 bits per heavy atom. The summed E-state index contributed by atoms with van der Waals surface area (Å²) in [4.78, 5) is 17.2. The Morgan fingerprint density at radius 3 is 2.74 bits per heavy atom. The van der Waals surface area contributed by atoms with Gasteiger partial charge in [0.05, 0.1) is 11.6 Å². The molecule has 0 saturated carbocycles. The third-order valence-corrected chi connectivity index (χ3v) is 6.59. The van der Waals surface area contributed by atoms with Crippen molar-refractivity contribution in [1.29, 1.82) is 0 Å². The second kappa shape index (κ2) is 6.86. The SMILES string of the molecule is CN1CCCC(C(=O)N2CCC(c3nnc4cc5c(nn34)CCC5)CC2)C1. The molecule has 2 saturated heterocycles. The third kappa shape index (κ3) is 3.12. The average Bonchev–Trinajstić information content (AvgIpc) is 3.32. The summed E-state index contributed by atoms with van der Waals surface area (Å²) in [5.41, 5.74) is 3.41. The van der Waals surface area contributed by atoms with Crippen molar-refractivity contribution >= 4 is 11.6 Å². The molecule has 4 heterocycles. The maximum atomic E-state index is 12.9. The van der Waals surface area contributed by atoms with Gasteiger partial charge in [0.15, 0.2) is 11.5 Å². The van der Waals surface area contributed by atoms with E-state index in [-0.39, 0.29) is 5.92 Å². The van der Waals surface area contributed by atoms with E-state index in [1.165, 1.54) is 17.7 Å². The Labute approximate surface area is 159 Å². The number of carbonyl (C=O) groups is 1. The van der Waals surface area contributed by atoms with Gasteiger partial charge in [-0.1, -0.05) is 0 Å². The molecule has 0 bridgehead atoms. The van der Waals surface area contributed by atoms with Crippen LogP contribution >= 0.6 is 0 Å². The van der Waals surface area contributed by atoms with Crippen molar-refractivity contribution in [3.63, 3.8) is 0 Å². The molecule has 0 aromatic carbocycles. The van der Waals surface area contributed by atoms with Crippen molar-refractivity contribution < 1.29 is 4.79 Å². The van der Waals surface area contributed by atoms with Crippen LogP contribution in [-0.4, -0.2) is 68.7 Å². The number of carbonyl (C=O) groups excluding carboxylic acids is 1. The molecule has 1 amide bonds. The van der Waals surface area contributed by atoms with Crippen molar-refractivity contribution in [2.75, 3.05) is 33.2 Å². The first-order valence-corrected chi connectivity index (χ1v) is 10.4. The molecule has 1 aliphatic carbocycles. The third-order valence-electron chi connectivity index (χ3n) is 6.59. The molecule has 1 unspecified atom stereocenters. The molecule has 2 aromatic heterocycles. The van der Waals surface area contributed by atoms with Crippen LogP contribution in [0.3, 0.4) is 0 Å². The van der Waals surface area contributed by atoms with Crippen LogP contribution in [0.2, 0.25) is 0 Å². The number of nitrogens with zero attached hydrogens (tertiary/aromatic N) is 6. The second-order valence-electron chi connectivity index (χ2n) is 8.50. The molecule has 7 heteroatoms. The minimum absolute atomic E-state index is 0.179. The van der Waals surface area contributed by atoms with Crippen molar-refractivity contribution in [3.8, 4) is 0 Å². The molecule has 0 N–H and O–H groups in total. The molecule has 144 valence electrons. The highest BCUT2D eigenvalue weighted by atomic mass is 16.2. The lowest BCUT2D eigenvalue weighted by Crippen LogP contribution is -2.46. The van der Waals surface area contributed by atoms with E-state index in [9.17, 15) is 4.79 Å². The predicted octanol–water partition coefficient (Wildman–Crippen LogP) is 1.66. The number of likely N-dealkylation sites (tertiary alicyclic amines) is 2. The predicted molar refractivity (Wildman–Crippen MR) is 102 cm³/mol. The van der Waals surface area contributed by atoms with Crippen molar-refractivity contribution in [2.24, 2.45) is 5.92 Å². The van der Waals surface area contributed by atoms with Gasteiger partial charge in [-0.15, -0.1) is 10.2 Å².